The molecule has 1 heterocycles. The minimum Gasteiger partial charge on any atom is -0.508 e. The summed E-state index contributed by atoms with van der Waals surface area (Å²) in [5.41, 5.74) is 6.47. The maximum atomic E-state index is 12.8. The number of nitrogens with one attached hydrogen (secondary N) is 1. The second-order valence-corrected chi connectivity index (χ2v) is 10.2. The number of methoxy groups -OCH3 is 2. The largest absolute Gasteiger partial charge is 0.508 e. The van der Waals surface area contributed by atoms with Crippen molar-refractivity contribution in [2.24, 2.45) is 23.5 Å². The van der Waals surface area contributed by atoms with Gasteiger partial charge in [0.2, 0.25) is 0 Å². The zero-order valence-corrected chi connectivity index (χ0v) is 23.7. The summed E-state index contributed by atoms with van der Waals surface area (Å²) in [5.74, 6) is -2.00. The van der Waals surface area contributed by atoms with Crippen molar-refractivity contribution in [3.8, 4) is 11.5 Å². The number of ether oxygens (including phenoxy) is 3. The summed E-state index contributed by atoms with van der Waals surface area (Å²) in [6, 6.07) is 2.48. The first-order valence-corrected chi connectivity index (χ1v) is 12.9. The molecule has 0 radical (unpaired) electrons. The Bertz CT molecular complexity index is 1110. The summed E-state index contributed by atoms with van der Waals surface area (Å²) in [6.45, 7) is 9.03. The summed E-state index contributed by atoms with van der Waals surface area (Å²) < 4.78 is 17.0. The Kier molecular flexibility index (Phi) is 11.6. The van der Waals surface area contributed by atoms with Gasteiger partial charge in [-0.2, -0.15) is 0 Å². The van der Waals surface area contributed by atoms with Crippen LogP contribution in [0.1, 0.15) is 52.7 Å². The first-order chi connectivity index (χ1) is 18.3. The molecule has 2 rings (SSSR count). The number of carbonyl (C=O) groups excluding carboxylic acids is 2. The van der Waals surface area contributed by atoms with Crippen LogP contribution in [-0.2, 0) is 19.0 Å². The molecule has 10 nitrogen and oxygen atoms in total. The number of phenolic OH excluding ortho intramolecular Hbond substituents is 2. The number of aromatic hydroxyl groups is 2. The van der Waals surface area contributed by atoms with Crippen molar-refractivity contribution in [1.29, 1.82) is 0 Å². The number of amides is 2. The Balaban J connectivity index is 2.63. The van der Waals surface area contributed by atoms with Crippen molar-refractivity contribution < 1.29 is 39.1 Å². The molecule has 1 aromatic carbocycles. The van der Waals surface area contributed by atoms with Gasteiger partial charge in [0.1, 0.15) is 17.6 Å². The van der Waals surface area contributed by atoms with E-state index in [1.807, 2.05) is 26.8 Å². The average molecular weight is 547 g/mol. The zero-order valence-electron chi connectivity index (χ0n) is 23.7. The number of anilines is 1. The highest BCUT2D eigenvalue weighted by Crippen LogP contribution is 2.40. The van der Waals surface area contributed by atoms with Gasteiger partial charge >= 0.3 is 6.09 Å². The fourth-order valence-electron chi connectivity index (χ4n) is 4.95. The molecule has 0 spiro atoms. The minimum absolute atomic E-state index is 0.0364. The number of benzene rings is 1. The molecule has 39 heavy (non-hydrogen) atoms. The summed E-state index contributed by atoms with van der Waals surface area (Å²) in [6.07, 6.45) is 3.66. The van der Waals surface area contributed by atoms with E-state index in [1.54, 1.807) is 46.3 Å². The number of nitrogens with two attached hydrogens (primary N) is 1. The number of allylic oxidation sites excluding steroid dienone is 2. The van der Waals surface area contributed by atoms with Crippen LogP contribution in [0.4, 0.5) is 10.5 Å². The van der Waals surface area contributed by atoms with Crippen LogP contribution >= 0.6 is 0 Å². The van der Waals surface area contributed by atoms with Crippen molar-refractivity contribution >= 4 is 17.7 Å². The summed E-state index contributed by atoms with van der Waals surface area (Å²) in [7, 11) is 3.12. The van der Waals surface area contributed by atoms with Crippen molar-refractivity contribution in [2.45, 2.75) is 65.5 Å². The Hall–Kier alpha value is -3.34. The molecule has 0 unspecified atom stereocenters. The standard InChI is InChI=1S/C29H42N2O8/c1-15-9-8-10-16(2)28(35)31-22-14-20(32)13-21(25(22)34)24(33)17(3)12-23(37-6)27(38-7)19(5)11-18(4)26(15)39-29(30)36/h8-11,13-15,17,19,23-24,26-27,32-34H,12H2,1-7H3,(H2,30,36)(H,31,35)/t15-,17-,19-,23+,24+,26+,27+/m0/s1. The predicted octanol–water partition coefficient (Wildman–Crippen LogP) is 4.32. The van der Waals surface area contributed by atoms with Gasteiger partial charge in [0.25, 0.3) is 5.91 Å². The van der Waals surface area contributed by atoms with Gasteiger partial charge in [-0.05, 0) is 37.8 Å². The maximum Gasteiger partial charge on any atom is 0.405 e. The van der Waals surface area contributed by atoms with E-state index in [2.05, 4.69) is 5.32 Å². The van der Waals surface area contributed by atoms with Crippen molar-refractivity contribution in [2.75, 3.05) is 19.5 Å². The molecular formula is C29H42N2O8. The number of hydrogen-bond donors (Lipinski definition) is 5. The first-order valence-electron chi connectivity index (χ1n) is 12.9. The lowest BCUT2D eigenvalue weighted by Crippen LogP contribution is -2.37. The molecule has 0 aliphatic carbocycles. The van der Waals surface area contributed by atoms with E-state index in [-0.39, 0.29) is 34.6 Å². The third kappa shape index (κ3) is 8.32. The molecular weight excluding hydrogens is 504 g/mol. The second-order valence-electron chi connectivity index (χ2n) is 10.2. The Morgan fingerprint density at radius 3 is 2.33 bits per heavy atom. The van der Waals surface area contributed by atoms with Crippen LogP contribution in [-0.4, -0.2) is 59.9 Å². The molecule has 1 aromatic rings. The molecule has 0 saturated carbocycles. The second kappa shape index (κ2) is 14.2. The molecule has 10 heteroatoms. The van der Waals surface area contributed by atoms with E-state index in [4.69, 9.17) is 19.9 Å². The van der Waals surface area contributed by atoms with Gasteiger partial charge in [0, 0.05) is 43.3 Å². The summed E-state index contributed by atoms with van der Waals surface area (Å²) >= 11 is 0. The van der Waals surface area contributed by atoms with Crippen molar-refractivity contribution in [3.05, 3.63) is 53.1 Å². The number of rotatable bonds is 3. The monoisotopic (exact) mass is 546 g/mol. The van der Waals surface area contributed by atoms with Crippen LogP contribution in [0.5, 0.6) is 11.5 Å². The van der Waals surface area contributed by atoms with Gasteiger partial charge < -0.3 is 40.6 Å². The maximum absolute atomic E-state index is 12.8. The van der Waals surface area contributed by atoms with E-state index in [9.17, 15) is 24.9 Å². The topological polar surface area (TPSA) is 161 Å². The third-order valence-corrected chi connectivity index (χ3v) is 7.11. The molecule has 0 saturated heterocycles. The smallest absolute Gasteiger partial charge is 0.405 e. The zero-order chi connectivity index (χ0) is 29.4. The average Bonchev–Trinajstić information content (AvgIpc) is 2.87. The fraction of sp³-hybridized carbons (Fsp3) is 0.517. The van der Waals surface area contributed by atoms with Crippen LogP contribution in [0.3, 0.4) is 0 Å². The van der Waals surface area contributed by atoms with Crippen LogP contribution in [0.2, 0.25) is 0 Å². The van der Waals surface area contributed by atoms with Crippen molar-refractivity contribution in [3.63, 3.8) is 0 Å². The van der Waals surface area contributed by atoms with E-state index in [0.29, 0.717) is 12.0 Å². The molecule has 2 amide bonds. The molecule has 0 aromatic heterocycles. The number of fused-ring (bicyclic) bond motifs is 2. The minimum atomic E-state index is -1.19. The molecule has 7 atom stereocenters. The summed E-state index contributed by atoms with van der Waals surface area (Å²) in [5, 5.41) is 34.9. The van der Waals surface area contributed by atoms with E-state index >= 15 is 0 Å². The number of carbonyl (C=O) groups is 2. The molecule has 6 N–H and O–H groups in total. The highest BCUT2D eigenvalue weighted by Gasteiger charge is 2.32. The highest BCUT2D eigenvalue weighted by molar-refractivity contribution is 6.04. The number of primary amides is 1. The lowest BCUT2D eigenvalue weighted by molar-refractivity contribution is -0.112. The van der Waals surface area contributed by atoms with Gasteiger partial charge in [0.15, 0.2) is 0 Å². The summed E-state index contributed by atoms with van der Waals surface area (Å²) in [4.78, 5) is 24.5. The van der Waals surface area contributed by atoms with Crippen LogP contribution in [0, 0.1) is 17.8 Å². The van der Waals surface area contributed by atoms with Crippen LogP contribution in [0.15, 0.2) is 47.6 Å². The van der Waals surface area contributed by atoms with Crippen LogP contribution < -0.4 is 11.1 Å². The Morgan fingerprint density at radius 2 is 1.74 bits per heavy atom. The molecule has 216 valence electrons. The molecule has 0 fully saturated rings. The predicted molar refractivity (Wildman–Crippen MR) is 148 cm³/mol. The van der Waals surface area contributed by atoms with Crippen LogP contribution in [0.25, 0.3) is 0 Å². The number of aliphatic hydroxyl groups is 1. The van der Waals surface area contributed by atoms with E-state index in [0.717, 1.165) is 5.57 Å². The van der Waals surface area contributed by atoms with E-state index in [1.165, 1.54) is 12.1 Å². The highest BCUT2D eigenvalue weighted by atomic mass is 16.6. The SMILES string of the molecule is CO[C@@H]1[C@@H](C)C=C(C)[C@H](OC(N)=O)[C@@H](C)C=CC=C(C)C(=O)Nc2cc(O)cc(c2O)[C@H](O)[C@@H](C)C[C@H]1OC. The number of hydrogen-bond acceptors (Lipinski definition) is 8. The lowest BCUT2D eigenvalue weighted by atomic mass is 9.86. The lowest BCUT2D eigenvalue weighted by Gasteiger charge is -2.32. The molecule has 2 bridgehead atoms. The Morgan fingerprint density at radius 1 is 1.08 bits per heavy atom. The number of aliphatic hydroxyl groups excluding tert-OH is 1. The molecule has 1 aliphatic heterocycles. The van der Waals surface area contributed by atoms with E-state index < -0.39 is 42.3 Å². The normalized spacial score (nSPS) is 29.2. The fourth-order valence-corrected chi connectivity index (χ4v) is 4.95. The van der Waals surface area contributed by atoms with Gasteiger partial charge in [-0.3, -0.25) is 4.79 Å². The quantitative estimate of drug-likeness (QED) is 0.213. The van der Waals surface area contributed by atoms with Gasteiger partial charge in [0.05, 0.1) is 24.0 Å². The molecule has 1 aliphatic rings. The first kappa shape index (κ1) is 31.9. The van der Waals surface area contributed by atoms with Crippen molar-refractivity contribution in [1.82, 2.24) is 0 Å². The third-order valence-electron chi connectivity index (χ3n) is 7.11. The Labute approximate surface area is 230 Å². The van der Waals surface area contributed by atoms with Gasteiger partial charge in [-0.15, -0.1) is 0 Å². The van der Waals surface area contributed by atoms with Gasteiger partial charge in [-0.1, -0.05) is 45.1 Å². The number of phenols is 2. The van der Waals surface area contributed by atoms with Gasteiger partial charge in [-0.25, -0.2) is 4.79 Å².